The smallest absolute Gasteiger partial charge is 0.122 e. The van der Waals surface area contributed by atoms with Gasteiger partial charge in [0.15, 0.2) is 0 Å². The molecule has 0 spiro atoms. The fourth-order valence-electron chi connectivity index (χ4n) is 8.16. The van der Waals surface area contributed by atoms with Gasteiger partial charge in [0.2, 0.25) is 0 Å². The molecule has 52 heavy (non-hydrogen) atoms. The van der Waals surface area contributed by atoms with E-state index in [1.807, 2.05) is 0 Å². The highest BCUT2D eigenvalue weighted by molar-refractivity contribution is 14.1. The third kappa shape index (κ3) is 5.18. The van der Waals surface area contributed by atoms with Crippen molar-refractivity contribution < 1.29 is 0 Å². The summed E-state index contributed by atoms with van der Waals surface area (Å²) in [6.45, 7) is 0. The maximum atomic E-state index is 5.38. The summed E-state index contributed by atoms with van der Waals surface area (Å²) < 4.78 is 3.60. The molecule has 1 aromatic heterocycles. The van der Waals surface area contributed by atoms with Crippen LogP contribution in [0.2, 0.25) is 0 Å². The topological polar surface area (TPSA) is 17.8 Å². The van der Waals surface area contributed by atoms with Crippen LogP contribution in [-0.2, 0) is 0 Å². The fourth-order valence-corrected chi connectivity index (χ4v) is 8.99. The van der Waals surface area contributed by atoms with E-state index in [-0.39, 0.29) is 5.92 Å². The molecule has 2 unspecified atom stereocenters. The van der Waals surface area contributed by atoms with E-state index >= 15 is 0 Å². The number of rotatable bonds is 4. The van der Waals surface area contributed by atoms with Crippen LogP contribution in [0.4, 0.5) is 0 Å². The van der Waals surface area contributed by atoms with Gasteiger partial charge in [-0.3, -0.25) is 4.57 Å². The molecule has 0 saturated heterocycles. The molecule has 0 N–H and O–H groups in total. The second-order valence-corrected chi connectivity index (χ2v) is 14.7. The highest BCUT2D eigenvalue weighted by atomic mass is 127. The molecule has 7 aromatic carbocycles. The molecule has 8 aromatic rings. The van der Waals surface area contributed by atoms with Crippen molar-refractivity contribution in [1.82, 2.24) is 9.55 Å². The SMILES string of the molecule is I/C(c1ccc(-c2ccc3ccccc3c2)cc1)=c1/cccc/c1=C(/c1ccccc1)c1ccc2c(c1)nc1n2-c2ccccc2C2C=CC=CC12. The standard InChI is InChI=1S/C49H33IN2/c50-48(35-25-22-33(23-26-35)37-27-24-32-12-4-5-15-36(32)30-37)42-19-8-7-18-41(42)47(34-13-2-1-3-14-34)38-28-29-46-44(31-38)51-49-43-20-9-6-16-39(43)40-17-10-11-21-45(40)52(46)49/h1-31,39,43H/b47-41+,48-42-. The van der Waals surface area contributed by atoms with Crippen LogP contribution in [0.1, 0.15) is 39.9 Å². The first kappa shape index (κ1) is 31.0. The lowest BCUT2D eigenvalue weighted by molar-refractivity contribution is 0.640. The average molecular weight is 777 g/mol. The van der Waals surface area contributed by atoms with E-state index in [1.165, 1.54) is 63.9 Å². The maximum Gasteiger partial charge on any atom is 0.122 e. The maximum absolute atomic E-state index is 5.38. The van der Waals surface area contributed by atoms with E-state index in [0.717, 1.165) is 22.4 Å². The molecule has 2 heterocycles. The summed E-state index contributed by atoms with van der Waals surface area (Å²) in [6, 6.07) is 59.5. The first-order valence-corrected chi connectivity index (χ1v) is 18.9. The Balaban J connectivity index is 1.14. The van der Waals surface area contributed by atoms with Crippen molar-refractivity contribution in [3.05, 3.63) is 227 Å². The Bertz CT molecular complexity index is 2860. The van der Waals surface area contributed by atoms with Gasteiger partial charge in [-0.2, -0.15) is 0 Å². The van der Waals surface area contributed by atoms with E-state index in [1.54, 1.807) is 0 Å². The normalized spacial score (nSPS) is 17.0. The van der Waals surface area contributed by atoms with Gasteiger partial charge in [-0.1, -0.05) is 164 Å². The number of para-hydroxylation sites is 1. The Morgan fingerprint density at radius 2 is 1.19 bits per heavy atom. The lowest BCUT2D eigenvalue weighted by Crippen LogP contribution is -2.29. The van der Waals surface area contributed by atoms with Crippen LogP contribution in [0, 0.1) is 0 Å². The van der Waals surface area contributed by atoms with Crippen LogP contribution in [0.25, 0.3) is 47.8 Å². The van der Waals surface area contributed by atoms with Crippen molar-refractivity contribution in [2.75, 3.05) is 0 Å². The Labute approximate surface area is 316 Å². The minimum Gasteiger partial charge on any atom is -0.295 e. The van der Waals surface area contributed by atoms with E-state index < -0.39 is 0 Å². The van der Waals surface area contributed by atoms with Crippen molar-refractivity contribution in [3.63, 3.8) is 0 Å². The lowest BCUT2D eigenvalue weighted by Gasteiger charge is -2.32. The summed E-state index contributed by atoms with van der Waals surface area (Å²) in [6.07, 6.45) is 8.97. The molecule has 2 atom stereocenters. The zero-order valence-electron chi connectivity index (χ0n) is 28.3. The zero-order valence-corrected chi connectivity index (χ0v) is 30.5. The quantitative estimate of drug-likeness (QED) is 0.163. The molecule has 3 heteroatoms. The van der Waals surface area contributed by atoms with Gasteiger partial charge in [-0.25, -0.2) is 4.98 Å². The van der Waals surface area contributed by atoms with Crippen LogP contribution in [0.15, 0.2) is 188 Å². The predicted octanol–water partition coefficient (Wildman–Crippen LogP) is 11.0. The third-order valence-electron chi connectivity index (χ3n) is 10.7. The van der Waals surface area contributed by atoms with Gasteiger partial charge in [0.05, 0.1) is 16.7 Å². The second-order valence-electron chi connectivity index (χ2n) is 13.6. The van der Waals surface area contributed by atoms with Gasteiger partial charge in [0, 0.05) is 15.4 Å². The van der Waals surface area contributed by atoms with Crippen LogP contribution < -0.4 is 10.4 Å². The van der Waals surface area contributed by atoms with Crippen molar-refractivity contribution >= 4 is 53.5 Å². The number of benzene rings is 7. The minimum absolute atomic E-state index is 0.206. The summed E-state index contributed by atoms with van der Waals surface area (Å²) in [5.41, 5.74) is 11.9. The summed E-state index contributed by atoms with van der Waals surface area (Å²) in [5, 5.41) is 4.93. The number of hydrogen-bond donors (Lipinski definition) is 0. The Hall–Kier alpha value is -5.78. The summed E-state index contributed by atoms with van der Waals surface area (Å²) in [5.74, 6) is 1.61. The minimum atomic E-state index is 0.206. The molecule has 0 fully saturated rings. The summed E-state index contributed by atoms with van der Waals surface area (Å²) in [7, 11) is 0. The van der Waals surface area contributed by atoms with E-state index in [9.17, 15) is 0 Å². The van der Waals surface area contributed by atoms with Gasteiger partial charge in [0.25, 0.3) is 0 Å². The first-order chi connectivity index (χ1) is 25.7. The molecule has 246 valence electrons. The average Bonchev–Trinajstić information content (AvgIpc) is 3.61. The molecular weight excluding hydrogens is 743 g/mol. The second kappa shape index (κ2) is 12.8. The zero-order chi connectivity index (χ0) is 34.6. The molecule has 1 aliphatic heterocycles. The molecule has 1 aliphatic carbocycles. The Morgan fingerprint density at radius 1 is 0.519 bits per heavy atom. The number of allylic oxidation sites excluding steroid dienone is 4. The van der Waals surface area contributed by atoms with Crippen LogP contribution in [0.3, 0.4) is 0 Å². The first-order valence-electron chi connectivity index (χ1n) is 17.8. The third-order valence-corrected chi connectivity index (χ3v) is 11.9. The van der Waals surface area contributed by atoms with E-state index in [2.05, 4.69) is 215 Å². The van der Waals surface area contributed by atoms with Gasteiger partial charge >= 0.3 is 0 Å². The van der Waals surface area contributed by atoms with Crippen LogP contribution >= 0.6 is 22.6 Å². The van der Waals surface area contributed by atoms with Crippen molar-refractivity contribution in [3.8, 4) is 16.8 Å². The number of fused-ring (bicyclic) bond motifs is 9. The van der Waals surface area contributed by atoms with Gasteiger partial charge < -0.3 is 0 Å². The molecule has 0 bridgehead atoms. The Morgan fingerprint density at radius 3 is 2.04 bits per heavy atom. The van der Waals surface area contributed by atoms with E-state index in [0.29, 0.717) is 5.92 Å². The number of hydrogen-bond acceptors (Lipinski definition) is 1. The van der Waals surface area contributed by atoms with Crippen LogP contribution in [-0.4, -0.2) is 9.55 Å². The molecule has 0 saturated carbocycles. The highest BCUT2D eigenvalue weighted by Gasteiger charge is 2.34. The number of halogens is 1. The molecule has 0 radical (unpaired) electrons. The molecule has 10 rings (SSSR count). The van der Waals surface area contributed by atoms with Crippen molar-refractivity contribution in [1.29, 1.82) is 0 Å². The molecule has 0 amide bonds. The number of nitrogens with zero attached hydrogens (tertiary/aromatic N) is 2. The highest BCUT2D eigenvalue weighted by Crippen LogP contribution is 2.46. The van der Waals surface area contributed by atoms with Gasteiger partial charge in [-0.15, -0.1) is 0 Å². The fraction of sp³-hybridized carbons (Fsp3) is 0.0408. The summed E-state index contributed by atoms with van der Waals surface area (Å²) in [4.78, 5) is 5.38. The number of aromatic nitrogens is 2. The molecular formula is C49H33IN2. The van der Waals surface area contributed by atoms with E-state index in [4.69, 9.17) is 4.98 Å². The van der Waals surface area contributed by atoms with Gasteiger partial charge in [0.1, 0.15) is 5.82 Å². The predicted molar refractivity (Wildman–Crippen MR) is 224 cm³/mol. The van der Waals surface area contributed by atoms with Crippen LogP contribution in [0.5, 0.6) is 0 Å². The lowest BCUT2D eigenvalue weighted by atomic mass is 9.79. The molecule has 2 aliphatic rings. The van der Waals surface area contributed by atoms with Crippen molar-refractivity contribution in [2.45, 2.75) is 11.8 Å². The van der Waals surface area contributed by atoms with Crippen molar-refractivity contribution in [2.24, 2.45) is 0 Å². The largest absolute Gasteiger partial charge is 0.295 e. The number of imidazole rings is 1. The Kier molecular flexibility index (Phi) is 7.61. The molecule has 2 nitrogen and oxygen atoms in total. The monoisotopic (exact) mass is 776 g/mol. The van der Waals surface area contributed by atoms with Gasteiger partial charge in [-0.05, 0) is 107 Å². The summed E-state index contributed by atoms with van der Waals surface area (Å²) >= 11 is 2.54.